The summed E-state index contributed by atoms with van der Waals surface area (Å²) in [5.74, 6) is 0. The van der Waals surface area contributed by atoms with Crippen molar-refractivity contribution >= 4 is 11.8 Å². The highest BCUT2D eigenvalue weighted by Crippen LogP contribution is 2.14. The molecule has 2 aromatic heterocycles. The SMILES string of the molecule is CSc1ncc(-c2cn[nH]n2)cn1. The average molecular weight is 193 g/mol. The van der Waals surface area contributed by atoms with Crippen LogP contribution in [-0.4, -0.2) is 31.6 Å². The summed E-state index contributed by atoms with van der Waals surface area (Å²) in [6, 6.07) is 0. The third-order valence-electron chi connectivity index (χ3n) is 1.52. The lowest BCUT2D eigenvalue weighted by molar-refractivity contribution is 0.937. The Morgan fingerprint density at radius 2 is 2.00 bits per heavy atom. The molecule has 0 spiro atoms. The first-order valence-corrected chi connectivity index (χ1v) is 4.85. The molecule has 0 aliphatic carbocycles. The Morgan fingerprint density at radius 1 is 1.23 bits per heavy atom. The number of nitrogens with zero attached hydrogens (tertiary/aromatic N) is 4. The van der Waals surface area contributed by atoms with E-state index in [1.165, 1.54) is 11.8 Å². The number of thioether (sulfide) groups is 1. The number of rotatable bonds is 2. The van der Waals surface area contributed by atoms with Crippen molar-refractivity contribution in [2.45, 2.75) is 5.16 Å². The molecule has 0 unspecified atom stereocenters. The molecule has 2 aromatic rings. The smallest absolute Gasteiger partial charge is 0.187 e. The van der Waals surface area contributed by atoms with Gasteiger partial charge in [-0.05, 0) is 6.26 Å². The third-order valence-corrected chi connectivity index (χ3v) is 2.10. The van der Waals surface area contributed by atoms with Crippen molar-refractivity contribution in [2.24, 2.45) is 0 Å². The van der Waals surface area contributed by atoms with Gasteiger partial charge in [0.25, 0.3) is 0 Å². The first-order chi connectivity index (χ1) is 6.40. The molecule has 2 heterocycles. The van der Waals surface area contributed by atoms with Crippen molar-refractivity contribution in [3.63, 3.8) is 0 Å². The van der Waals surface area contributed by atoms with Crippen molar-refractivity contribution in [3.8, 4) is 11.3 Å². The number of aromatic amines is 1. The van der Waals surface area contributed by atoms with Gasteiger partial charge >= 0.3 is 0 Å². The van der Waals surface area contributed by atoms with Crippen LogP contribution in [0.15, 0.2) is 23.7 Å². The fourth-order valence-corrected chi connectivity index (χ4v) is 1.21. The molecule has 2 rings (SSSR count). The van der Waals surface area contributed by atoms with E-state index in [1.807, 2.05) is 6.26 Å². The van der Waals surface area contributed by atoms with Crippen LogP contribution in [0.1, 0.15) is 0 Å². The molecular formula is C7H7N5S. The molecule has 0 bridgehead atoms. The van der Waals surface area contributed by atoms with E-state index in [2.05, 4.69) is 25.4 Å². The summed E-state index contributed by atoms with van der Waals surface area (Å²) < 4.78 is 0. The van der Waals surface area contributed by atoms with E-state index in [0.29, 0.717) is 0 Å². The van der Waals surface area contributed by atoms with Crippen molar-refractivity contribution < 1.29 is 0 Å². The second kappa shape index (κ2) is 3.53. The van der Waals surface area contributed by atoms with Crippen molar-refractivity contribution in [3.05, 3.63) is 18.6 Å². The second-order valence-corrected chi connectivity index (χ2v) is 3.09. The predicted molar refractivity (Wildman–Crippen MR) is 49.2 cm³/mol. The summed E-state index contributed by atoms with van der Waals surface area (Å²) in [5.41, 5.74) is 1.62. The fourth-order valence-electron chi connectivity index (χ4n) is 0.895. The van der Waals surface area contributed by atoms with Crippen LogP contribution in [0.5, 0.6) is 0 Å². The quantitative estimate of drug-likeness (QED) is 0.569. The molecule has 0 saturated heterocycles. The van der Waals surface area contributed by atoms with Gasteiger partial charge in [-0.3, -0.25) is 0 Å². The Bertz CT molecular complexity index is 368. The van der Waals surface area contributed by atoms with Gasteiger partial charge in [0.2, 0.25) is 0 Å². The normalized spacial score (nSPS) is 10.2. The van der Waals surface area contributed by atoms with Gasteiger partial charge < -0.3 is 0 Å². The topological polar surface area (TPSA) is 67.3 Å². The lowest BCUT2D eigenvalue weighted by Gasteiger charge is -1.95. The molecule has 0 saturated carbocycles. The zero-order valence-corrected chi connectivity index (χ0v) is 7.75. The Labute approximate surface area is 79.0 Å². The van der Waals surface area contributed by atoms with E-state index in [0.717, 1.165) is 16.4 Å². The van der Waals surface area contributed by atoms with Crippen LogP contribution >= 0.6 is 11.8 Å². The van der Waals surface area contributed by atoms with Gasteiger partial charge in [-0.25, -0.2) is 9.97 Å². The van der Waals surface area contributed by atoms with Gasteiger partial charge in [-0.2, -0.15) is 15.4 Å². The Hall–Kier alpha value is -1.43. The first-order valence-electron chi connectivity index (χ1n) is 3.62. The summed E-state index contributed by atoms with van der Waals surface area (Å²) in [6.07, 6.45) is 7.04. The molecule has 13 heavy (non-hydrogen) atoms. The highest BCUT2D eigenvalue weighted by atomic mass is 32.2. The minimum absolute atomic E-state index is 0.757. The predicted octanol–water partition coefficient (Wildman–Crippen LogP) is 0.984. The lowest BCUT2D eigenvalue weighted by Crippen LogP contribution is -1.86. The molecule has 0 atom stereocenters. The van der Waals surface area contributed by atoms with E-state index in [1.54, 1.807) is 18.6 Å². The van der Waals surface area contributed by atoms with Gasteiger partial charge in [-0.15, -0.1) is 0 Å². The molecule has 0 amide bonds. The van der Waals surface area contributed by atoms with Gasteiger partial charge in [0, 0.05) is 18.0 Å². The van der Waals surface area contributed by atoms with Crippen molar-refractivity contribution in [1.29, 1.82) is 0 Å². The number of hydrogen-bond donors (Lipinski definition) is 1. The van der Waals surface area contributed by atoms with Gasteiger partial charge in [-0.1, -0.05) is 11.8 Å². The highest BCUT2D eigenvalue weighted by molar-refractivity contribution is 7.98. The van der Waals surface area contributed by atoms with E-state index in [-0.39, 0.29) is 0 Å². The molecule has 0 fully saturated rings. The third kappa shape index (κ3) is 1.67. The monoisotopic (exact) mass is 193 g/mol. The standard InChI is InChI=1S/C7H7N5S/c1-13-7-8-2-5(3-9-7)6-4-10-12-11-6/h2-4H,1H3,(H,10,11,12). The van der Waals surface area contributed by atoms with Gasteiger partial charge in [0.1, 0.15) is 5.69 Å². The van der Waals surface area contributed by atoms with E-state index in [4.69, 9.17) is 0 Å². The number of hydrogen-bond acceptors (Lipinski definition) is 5. The zero-order valence-electron chi connectivity index (χ0n) is 6.93. The maximum Gasteiger partial charge on any atom is 0.187 e. The highest BCUT2D eigenvalue weighted by Gasteiger charge is 2.01. The summed E-state index contributed by atoms with van der Waals surface area (Å²) in [6.45, 7) is 0. The summed E-state index contributed by atoms with van der Waals surface area (Å²) in [7, 11) is 0. The molecule has 6 heteroatoms. The second-order valence-electron chi connectivity index (χ2n) is 2.31. The molecule has 66 valence electrons. The van der Waals surface area contributed by atoms with E-state index >= 15 is 0 Å². The molecule has 0 aliphatic rings. The maximum absolute atomic E-state index is 4.12. The first kappa shape index (κ1) is 8.18. The van der Waals surface area contributed by atoms with Gasteiger partial charge in [0.05, 0.1) is 6.20 Å². The van der Waals surface area contributed by atoms with Crippen LogP contribution in [0.2, 0.25) is 0 Å². The summed E-state index contributed by atoms with van der Waals surface area (Å²) >= 11 is 1.51. The molecule has 0 aromatic carbocycles. The lowest BCUT2D eigenvalue weighted by atomic mass is 10.3. The fraction of sp³-hybridized carbons (Fsp3) is 0.143. The van der Waals surface area contributed by atoms with Crippen LogP contribution in [0.3, 0.4) is 0 Å². The van der Waals surface area contributed by atoms with E-state index in [9.17, 15) is 0 Å². The largest absolute Gasteiger partial charge is 0.230 e. The minimum atomic E-state index is 0.757. The zero-order chi connectivity index (χ0) is 9.10. The molecule has 5 nitrogen and oxygen atoms in total. The molecule has 0 aliphatic heterocycles. The maximum atomic E-state index is 4.12. The Morgan fingerprint density at radius 3 is 2.54 bits per heavy atom. The minimum Gasteiger partial charge on any atom is -0.230 e. The van der Waals surface area contributed by atoms with Crippen LogP contribution in [0, 0.1) is 0 Å². The van der Waals surface area contributed by atoms with E-state index < -0.39 is 0 Å². The molecule has 0 radical (unpaired) electrons. The van der Waals surface area contributed by atoms with Crippen LogP contribution in [0.4, 0.5) is 0 Å². The molecular weight excluding hydrogens is 186 g/mol. The van der Waals surface area contributed by atoms with Gasteiger partial charge in [0.15, 0.2) is 5.16 Å². The Kier molecular flexibility index (Phi) is 2.22. The van der Waals surface area contributed by atoms with Crippen LogP contribution in [0.25, 0.3) is 11.3 Å². The Balaban J connectivity index is 2.33. The van der Waals surface area contributed by atoms with Crippen molar-refractivity contribution in [2.75, 3.05) is 6.26 Å². The average Bonchev–Trinajstić information content (AvgIpc) is 2.71. The van der Waals surface area contributed by atoms with Crippen LogP contribution < -0.4 is 0 Å². The number of H-pyrrole nitrogens is 1. The summed E-state index contributed by atoms with van der Waals surface area (Å²) in [4.78, 5) is 8.25. The van der Waals surface area contributed by atoms with Crippen molar-refractivity contribution in [1.82, 2.24) is 25.4 Å². The number of aromatic nitrogens is 5. The summed E-state index contributed by atoms with van der Waals surface area (Å²) in [5, 5.41) is 10.9. The molecule has 1 N–H and O–H groups in total. The van der Waals surface area contributed by atoms with Crippen LogP contribution in [-0.2, 0) is 0 Å². The number of nitrogens with one attached hydrogen (secondary N) is 1.